The molecular weight excluding hydrogens is 827 g/mol. The fourth-order valence-electron chi connectivity index (χ4n) is 10.0. The summed E-state index contributed by atoms with van der Waals surface area (Å²) in [7, 11) is 0. The highest BCUT2D eigenvalue weighted by Crippen LogP contribution is 2.23. The van der Waals surface area contributed by atoms with Crippen LogP contribution in [0.2, 0.25) is 0 Å². The van der Waals surface area contributed by atoms with Crippen LogP contribution in [0.4, 0.5) is 0 Å². The zero-order chi connectivity index (χ0) is 48.8. The van der Waals surface area contributed by atoms with Crippen molar-refractivity contribution in [3.63, 3.8) is 0 Å². The zero-order valence-electron chi connectivity index (χ0n) is 46.2. The van der Waals surface area contributed by atoms with Crippen LogP contribution in [0.3, 0.4) is 0 Å². The molecule has 6 heteroatoms. The van der Waals surface area contributed by atoms with Crippen molar-refractivity contribution < 1.29 is 24.2 Å². The lowest BCUT2D eigenvalue weighted by Crippen LogP contribution is -2.28. The summed E-state index contributed by atoms with van der Waals surface area (Å²) in [5, 5.41) is 9.51. The van der Waals surface area contributed by atoms with Gasteiger partial charge in [-0.2, -0.15) is 0 Å². The maximum Gasteiger partial charge on any atom is 0.308 e. The Labute approximate surface area is 420 Å². The molecule has 0 aliphatic heterocycles. The predicted molar refractivity (Wildman–Crippen MR) is 292 cm³/mol. The van der Waals surface area contributed by atoms with E-state index in [1.165, 1.54) is 244 Å². The lowest BCUT2D eigenvalue weighted by molar-refractivity contribution is -0.150. The Morgan fingerprint density at radius 2 is 0.537 bits per heavy atom. The Balaban J connectivity index is 4.17. The van der Waals surface area contributed by atoms with Crippen molar-refractivity contribution in [2.75, 3.05) is 39.5 Å². The van der Waals surface area contributed by atoms with Crippen molar-refractivity contribution in [2.24, 2.45) is 11.8 Å². The number of unbranched alkanes of at least 4 members (excludes halogenated alkanes) is 36. The number of aliphatic hydroxyl groups is 1. The molecule has 0 rings (SSSR count). The molecule has 0 fully saturated rings. The molecule has 0 spiro atoms. The van der Waals surface area contributed by atoms with Gasteiger partial charge in [-0.15, -0.1) is 0 Å². The molecule has 0 aromatic rings. The third kappa shape index (κ3) is 48.3. The number of ether oxygens (including phenoxy) is 2. The van der Waals surface area contributed by atoms with Gasteiger partial charge in [0.2, 0.25) is 0 Å². The fourth-order valence-corrected chi connectivity index (χ4v) is 10.0. The van der Waals surface area contributed by atoms with Gasteiger partial charge in [-0.05, 0) is 70.9 Å². The van der Waals surface area contributed by atoms with Crippen LogP contribution in [0.5, 0.6) is 0 Å². The van der Waals surface area contributed by atoms with Crippen LogP contribution in [-0.2, 0) is 19.1 Å². The van der Waals surface area contributed by atoms with Gasteiger partial charge in [-0.1, -0.05) is 272 Å². The molecule has 0 aliphatic rings. The highest BCUT2D eigenvalue weighted by atomic mass is 16.5. The Kier molecular flexibility index (Phi) is 54.8. The summed E-state index contributed by atoms with van der Waals surface area (Å²) >= 11 is 0. The Bertz CT molecular complexity index is 975. The fraction of sp³-hybridized carbons (Fsp3) is 0.967. The number of hydrogen-bond acceptors (Lipinski definition) is 6. The van der Waals surface area contributed by atoms with E-state index < -0.39 is 0 Å². The van der Waals surface area contributed by atoms with Crippen molar-refractivity contribution in [2.45, 2.75) is 329 Å². The predicted octanol–water partition coefficient (Wildman–Crippen LogP) is 19.0. The molecule has 0 radical (unpaired) electrons. The summed E-state index contributed by atoms with van der Waals surface area (Å²) in [6, 6.07) is 0. The molecule has 0 aliphatic carbocycles. The van der Waals surface area contributed by atoms with Crippen LogP contribution in [0, 0.1) is 11.8 Å². The van der Waals surface area contributed by atoms with E-state index in [0.29, 0.717) is 13.2 Å². The van der Waals surface area contributed by atoms with Crippen molar-refractivity contribution in [3.05, 3.63) is 0 Å². The van der Waals surface area contributed by atoms with Crippen molar-refractivity contribution in [3.8, 4) is 0 Å². The molecule has 6 nitrogen and oxygen atoms in total. The molecule has 1 N–H and O–H groups in total. The second-order valence-corrected chi connectivity index (χ2v) is 21.2. The maximum absolute atomic E-state index is 13.2. The SMILES string of the molecule is CCCCCCCCCCC(CCCCCCCC)C(=O)OCCCCCCCCCCCCN(CCCO)CCCCCCOC(=O)C(CCCCCCCC)CCCCCCCCCC. The van der Waals surface area contributed by atoms with Crippen LogP contribution in [0.15, 0.2) is 0 Å². The lowest BCUT2D eigenvalue weighted by Gasteiger charge is -2.22. The highest BCUT2D eigenvalue weighted by Gasteiger charge is 2.20. The molecule has 67 heavy (non-hydrogen) atoms. The molecule has 0 aromatic carbocycles. The normalized spacial score (nSPS) is 12.6. The first-order valence-electron chi connectivity index (χ1n) is 30.7. The van der Waals surface area contributed by atoms with Gasteiger partial charge < -0.3 is 19.5 Å². The van der Waals surface area contributed by atoms with Gasteiger partial charge in [0.1, 0.15) is 0 Å². The zero-order valence-corrected chi connectivity index (χ0v) is 46.2. The average Bonchev–Trinajstić information content (AvgIpc) is 3.33. The number of carbonyl (C=O) groups is 2. The van der Waals surface area contributed by atoms with Gasteiger partial charge in [0, 0.05) is 13.2 Å². The summed E-state index contributed by atoms with van der Waals surface area (Å²) in [5.74, 6) is 0.371. The van der Waals surface area contributed by atoms with E-state index in [1.807, 2.05) is 0 Å². The van der Waals surface area contributed by atoms with Crippen LogP contribution in [-0.4, -0.2) is 61.4 Å². The van der Waals surface area contributed by atoms with Crippen molar-refractivity contribution in [1.29, 1.82) is 0 Å². The number of rotatable bonds is 57. The number of esters is 2. The third-order valence-electron chi connectivity index (χ3n) is 14.6. The summed E-state index contributed by atoms with van der Waals surface area (Å²) < 4.78 is 11.8. The van der Waals surface area contributed by atoms with Crippen LogP contribution < -0.4 is 0 Å². The molecule has 0 aromatic heterocycles. The summed E-state index contributed by atoms with van der Waals surface area (Å²) in [4.78, 5) is 28.8. The van der Waals surface area contributed by atoms with Crippen molar-refractivity contribution >= 4 is 11.9 Å². The van der Waals surface area contributed by atoms with Gasteiger partial charge in [-0.25, -0.2) is 0 Å². The second-order valence-electron chi connectivity index (χ2n) is 21.2. The van der Waals surface area contributed by atoms with Gasteiger partial charge in [0.15, 0.2) is 0 Å². The first kappa shape index (κ1) is 65.9. The van der Waals surface area contributed by atoms with E-state index in [4.69, 9.17) is 9.47 Å². The van der Waals surface area contributed by atoms with Gasteiger partial charge in [0.25, 0.3) is 0 Å². The van der Waals surface area contributed by atoms with Crippen molar-refractivity contribution in [1.82, 2.24) is 4.90 Å². The van der Waals surface area contributed by atoms with E-state index in [1.54, 1.807) is 0 Å². The first-order valence-corrected chi connectivity index (χ1v) is 30.7. The number of carbonyl (C=O) groups excluding carboxylic acids is 2. The van der Waals surface area contributed by atoms with Crippen LogP contribution >= 0.6 is 0 Å². The minimum absolute atomic E-state index is 0.0730. The molecule has 0 saturated heterocycles. The molecule has 0 heterocycles. The topological polar surface area (TPSA) is 76.1 Å². The highest BCUT2D eigenvalue weighted by molar-refractivity contribution is 5.72. The molecule has 400 valence electrons. The molecule has 0 bridgehead atoms. The van der Waals surface area contributed by atoms with E-state index in [0.717, 1.165) is 77.4 Å². The van der Waals surface area contributed by atoms with Crippen LogP contribution in [0.1, 0.15) is 329 Å². The third-order valence-corrected chi connectivity index (χ3v) is 14.6. The maximum atomic E-state index is 13.2. The Morgan fingerprint density at radius 3 is 0.806 bits per heavy atom. The van der Waals surface area contributed by atoms with E-state index >= 15 is 0 Å². The number of nitrogens with zero attached hydrogens (tertiary/aromatic N) is 1. The summed E-state index contributed by atoms with van der Waals surface area (Å²) in [6.45, 7) is 13.8. The Hall–Kier alpha value is -1.14. The minimum Gasteiger partial charge on any atom is -0.465 e. The van der Waals surface area contributed by atoms with E-state index in [9.17, 15) is 14.7 Å². The largest absolute Gasteiger partial charge is 0.465 e. The average molecular weight is 949 g/mol. The summed E-state index contributed by atoms with van der Waals surface area (Å²) in [6.07, 6.45) is 58.3. The molecule has 2 unspecified atom stereocenters. The first-order chi connectivity index (χ1) is 33.0. The van der Waals surface area contributed by atoms with E-state index in [-0.39, 0.29) is 30.4 Å². The van der Waals surface area contributed by atoms with E-state index in [2.05, 4.69) is 32.6 Å². The number of hydrogen-bond donors (Lipinski definition) is 1. The van der Waals surface area contributed by atoms with Crippen LogP contribution in [0.25, 0.3) is 0 Å². The second kappa shape index (κ2) is 55.8. The van der Waals surface area contributed by atoms with Gasteiger partial charge >= 0.3 is 11.9 Å². The number of aliphatic hydroxyl groups excluding tert-OH is 1. The molecule has 0 amide bonds. The molecular formula is C61H121NO5. The minimum atomic E-state index is 0.0730. The monoisotopic (exact) mass is 948 g/mol. The quantitative estimate of drug-likeness (QED) is 0.0484. The standard InChI is InChI=1S/C61H121NO5/c1-5-9-13-17-21-27-33-41-50-58(48-39-31-19-15-11-7-3)60(64)66-56-45-37-30-26-24-23-25-29-35-43-52-62(54-47-55-63)53-44-36-38-46-57-67-61(65)59(49-40-32-20-16-12-8-4)51-42-34-28-22-18-14-10-6-2/h58-59,63H,5-57H2,1-4H3. The smallest absolute Gasteiger partial charge is 0.308 e. The lowest BCUT2D eigenvalue weighted by atomic mass is 9.94. The van der Waals surface area contributed by atoms with Gasteiger partial charge in [0.05, 0.1) is 25.0 Å². The molecule has 0 saturated carbocycles. The van der Waals surface area contributed by atoms with Gasteiger partial charge in [-0.3, -0.25) is 9.59 Å². The summed E-state index contributed by atoms with van der Waals surface area (Å²) in [5.41, 5.74) is 0. The molecule has 2 atom stereocenters. The Morgan fingerprint density at radius 1 is 0.313 bits per heavy atom.